The van der Waals surface area contributed by atoms with E-state index in [2.05, 4.69) is 26.6 Å². The van der Waals surface area contributed by atoms with Gasteiger partial charge in [0.1, 0.15) is 0 Å². The van der Waals surface area contributed by atoms with Crippen molar-refractivity contribution >= 4 is 27.5 Å². The molecular weight excluding hydrogens is 314 g/mol. The van der Waals surface area contributed by atoms with E-state index < -0.39 is 4.92 Å². The Morgan fingerprint density at radius 2 is 2.32 bits per heavy atom. The van der Waals surface area contributed by atoms with Crippen LogP contribution in [0, 0.1) is 10.1 Å². The Kier molecular flexibility index (Phi) is 4.49. The molecule has 2 N–H and O–H groups in total. The van der Waals surface area contributed by atoms with Crippen molar-refractivity contribution in [1.29, 1.82) is 0 Å². The van der Waals surface area contributed by atoms with Gasteiger partial charge in [-0.15, -0.1) is 0 Å². The fourth-order valence-electron chi connectivity index (χ4n) is 2.06. The van der Waals surface area contributed by atoms with E-state index >= 15 is 0 Å². The lowest BCUT2D eigenvalue weighted by molar-refractivity contribution is -0.385. The standard InChI is InChI=1S/C12H14BrN3O3/c13-9-4-8(5-11(6-9)16(18)19)12(17)15-7-10-2-1-3-14-10/h4-6,10,14H,1-3,7H2,(H,15,17). The number of hydrogen-bond acceptors (Lipinski definition) is 4. The lowest BCUT2D eigenvalue weighted by Gasteiger charge is -2.11. The highest BCUT2D eigenvalue weighted by molar-refractivity contribution is 9.10. The van der Waals surface area contributed by atoms with Gasteiger partial charge >= 0.3 is 0 Å². The van der Waals surface area contributed by atoms with Crippen LogP contribution in [0.5, 0.6) is 0 Å². The molecule has 0 aliphatic carbocycles. The zero-order chi connectivity index (χ0) is 13.8. The molecule has 1 aliphatic rings. The van der Waals surface area contributed by atoms with Gasteiger partial charge in [0.2, 0.25) is 0 Å². The minimum absolute atomic E-state index is 0.0986. The first-order chi connectivity index (χ1) is 9.06. The first-order valence-electron chi connectivity index (χ1n) is 6.03. The lowest BCUT2D eigenvalue weighted by atomic mass is 10.1. The summed E-state index contributed by atoms with van der Waals surface area (Å²) in [6.45, 7) is 1.52. The number of nitro benzene ring substituents is 1. The third-order valence-corrected chi connectivity index (χ3v) is 3.48. The third kappa shape index (κ3) is 3.74. The molecule has 1 aromatic carbocycles. The van der Waals surface area contributed by atoms with Crippen LogP contribution in [-0.2, 0) is 0 Å². The van der Waals surface area contributed by atoms with Gasteiger partial charge in [-0.1, -0.05) is 15.9 Å². The van der Waals surface area contributed by atoms with E-state index in [0.29, 0.717) is 22.6 Å². The highest BCUT2D eigenvalue weighted by atomic mass is 79.9. The normalized spacial score (nSPS) is 18.3. The van der Waals surface area contributed by atoms with Crippen molar-refractivity contribution in [1.82, 2.24) is 10.6 Å². The van der Waals surface area contributed by atoms with Gasteiger partial charge in [-0.3, -0.25) is 14.9 Å². The summed E-state index contributed by atoms with van der Waals surface area (Å²) in [5, 5.41) is 16.8. The van der Waals surface area contributed by atoms with Gasteiger partial charge in [-0.2, -0.15) is 0 Å². The molecule has 7 heteroatoms. The van der Waals surface area contributed by atoms with Crippen LogP contribution in [0.3, 0.4) is 0 Å². The summed E-state index contributed by atoms with van der Waals surface area (Å²) in [5.74, 6) is -0.293. The predicted molar refractivity (Wildman–Crippen MR) is 74.2 cm³/mol. The topological polar surface area (TPSA) is 84.3 Å². The SMILES string of the molecule is O=C(NCC1CCCN1)c1cc(Br)cc([N+](=O)[O-])c1. The van der Waals surface area contributed by atoms with Crippen LogP contribution in [0.25, 0.3) is 0 Å². The summed E-state index contributed by atoms with van der Waals surface area (Å²) in [6, 6.07) is 4.52. The van der Waals surface area contributed by atoms with Crippen LogP contribution in [0.1, 0.15) is 23.2 Å². The van der Waals surface area contributed by atoms with Crippen molar-refractivity contribution < 1.29 is 9.72 Å². The van der Waals surface area contributed by atoms with Gasteiger partial charge in [0.15, 0.2) is 0 Å². The minimum Gasteiger partial charge on any atom is -0.350 e. The first-order valence-corrected chi connectivity index (χ1v) is 6.82. The van der Waals surface area contributed by atoms with Crippen molar-refractivity contribution in [2.75, 3.05) is 13.1 Å². The molecule has 1 amide bonds. The number of carbonyl (C=O) groups is 1. The Hall–Kier alpha value is -1.47. The lowest BCUT2D eigenvalue weighted by Crippen LogP contribution is -2.37. The average molecular weight is 328 g/mol. The van der Waals surface area contributed by atoms with Crippen LogP contribution in [0.15, 0.2) is 22.7 Å². The largest absolute Gasteiger partial charge is 0.350 e. The Morgan fingerprint density at radius 3 is 2.95 bits per heavy atom. The van der Waals surface area contributed by atoms with Gasteiger partial charge in [0.25, 0.3) is 11.6 Å². The zero-order valence-corrected chi connectivity index (χ0v) is 11.8. The van der Waals surface area contributed by atoms with Gasteiger partial charge < -0.3 is 10.6 Å². The molecule has 0 radical (unpaired) electrons. The molecule has 1 aliphatic heterocycles. The summed E-state index contributed by atoms with van der Waals surface area (Å²) < 4.78 is 0.519. The molecule has 1 unspecified atom stereocenters. The van der Waals surface area contributed by atoms with Gasteiger partial charge in [-0.25, -0.2) is 0 Å². The second-order valence-corrected chi connectivity index (χ2v) is 5.37. The van der Waals surface area contributed by atoms with Crippen LogP contribution >= 0.6 is 15.9 Å². The number of nitro groups is 1. The molecule has 1 aromatic rings. The minimum atomic E-state index is -0.514. The van der Waals surface area contributed by atoms with E-state index in [1.807, 2.05) is 0 Å². The number of halogens is 1. The van der Waals surface area contributed by atoms with E-state index in [0.717, 1.165) is 19.4 Å². The predicted octanol–water partition coefficient (Wildman–Crippen LogP) is 1.84. The van der Waals surface area contributed by atoms with E-state index in [1.54, 1.807) is 6.07 Å². The second-order valence-electron chi connectivity index (χ2n) is 4.46. The molecule has 0 saturated carbocycles. The number of nitrogens with one attached hydrogen (secondary N) is 2. The number of amides is 1. The fraction of sp³-hybridized carbons (Fsp3) is 0.417. The molecule has 2 rings (SSSR count). The van der Waals surface area contributed by atoms with E-state index in [1.165, 1.54) is 12.1 Å². The third-order valence-electron chi connectivity index (χ3n) is 3.03. The van der Waals surface area contributed by atoms with Gasteiger partial charge in [0.05, 0.1) is 4.92 Å². The Balaban J connectivity index is 2.03. The molecule has 6 nitrogen and oxygen atoms in total. The molecule has 0 aromatic heterocycles. The molecule has 1 heterocycles. The summed E-state index contributed by atoms with van der Waals surface area (Å²) in [7, 11) is 0. The Labute approximate surface area is 118 Å². The molecule has 102 valence electrons. The van der Waals surface area contributed by atoms with E-state index in [4.69, 9.17) is 0 Å². The molecule has 0 bridgehead atoms. The van der Waals surface area contributed by atoms with Crippen molar-refractivity contribution in [3.63, 3.8) is 0 Å². The van der Waals surface area contributed by atoms with Gasteiger partial charge in [0, 0.05) is 34.8 Å². The van der Waals surface area contributed by atoms with Crippen molar-refractivity contribution in [2.24, 2.45) is 0 Å². The quantitative estimate of drug-likeness (QED) is 0.652. The number of hydrogen-bond donors (Lipinski definition) is 2. The number of carbonyl (C=O) groups excluding carboxylic acids is 1. The summed E-state index contributed by atoms with van der Waals surface area (Å²) >= 11 is 3.17. The van der Waals surface area contributed by atoms with Crippen molar-refractivity contribution in [3.8, 4) is 0 Å². The van der Waals surface area contributed by atoms with E-state index in [-0.39, 0.29) is 11.6 Å². The smallest absolute Gasteiger partial charge is 0.271 e. The maximum Gasteiger partial charge on any atom is 0.271 e. The molecule has 19 heavy (non-hydrogen) atoms. The Morgan fingerprint density at radius 1 is 1.53 bits per heavy atom. The monoisotopic (exact) mass is 327 g/mol. The maximum atomic E-state index is 11.9. The zero-order valence-electron chi connectivity index (χ0n) is 10.2. The molecule has 1 fully saturated rings. The van der Waals surface area contributed by atoms with E-state index in [9.17, 15) is 14.9 Å². The number of rotatable bonds is 4. The second kappa shape index (κ2) is 6.12. The Bertz CT molecular complexity index is 501. The molecule has 1 atom stereocenters. The summed E-state index contributed by atoms with van der Waals surface area (Å²) in [6.07, 6.45) is 2.15. The molecular formula is C12H14BrN3O3. The fourth-order valence-corrected chi connectivity index (χ4v) is 2.54. The van der Waals surface area contributed by atoms with Crippen LogP contribution in [0.2, 0.25) is 0 Å². The van der Waals surface area contributed by atoms with Crippen LogP contribution < -0.4 is 10.6 Å². The first kappa shape index (κ1) is 14.0. The van der Waals surface area contributed by atoms with Crippen molar-refractivity contribution in [3.05, 3.63) is 38.3 Å². The number of benzene rings is 1. The van der Waals surface area contributed by atoms with Crippen LogP contribution in [-0.4, -0.2) is 30.0 Å². The van der Waals surface area contributed by atoms with Gasteiger partial charge in [-0.05, 0) is 25.5 Å². The number of nitrogens with zero attached hydrogens (tertiary/aromatic N) is 1. The summed E-state index contributed by atoms with van der Waals surface area (Å²) in [4.78, 5) is 22.2. The summed E-state index contributed by atoms with van der Waals surface area (Å²) in [5.41, 5.74) is 0.192. The highest BCUT2D eigenvalue weighted by Crippen LogP contribution is 2.21. The molecule has 1 saturated heterocycles. The highest BCUT2D eigenvalue weighted by Gasteiger charge is 2.17. The van der Waals surface area contributed by atoms with Crippen LogP contribution in [0.4, 0.5) is 5.69 Å². The maximum absolute atomic E-state index is 11.9. The average Bonchev–Trinajstić information content (AvgIpc) is 2.88. The van der Waals surface area contributed by atoms with Crippen molar-refractivity contribution in [2.45, 2.75) is 18.9 Å². The molecule has 0 spiro atoms. The number of non-ortho nitro benzene ring substituents is 1.